The molecule has 0 aliphatic carbocycles. The molecule has 166 valence electrons. The Balaban J connectivity index is 1.68. The van der Waals surface area contributed by atoms with Crippen LogP contribution in [-0.4, -0.2) is 56.0 Å². The number of H-pyrrole nitrogens is 1. The molecule has 1 fully saturated rings. The zero-order valence-electron chi connectivity index (χ0n) is 18.3. The molecule has 1 N–H and O–H groups in total. The van der Waals surface area contributed by atoms with Crippen molar-refractivity contribution in [1.82, 2.24) is 29.7 Å². The van der Waals surface area contributed by atoms with Crippen molar-refractivity contribution < 1.29 is 4.74 Å². The number of imidazole rings is 1. The van der Waals surface area contributed by atoms with Gasteiger partial charge in [0.05, 0.1) is 35.0 Å². The molecule has 1 saturated heterocycles. The fourth-order valence-corrected chi connectivity index (χ4v) is 4.83. The molecule has 3 aromatic heterocycles. The van der Waals surface area contributed by atoms with Crippen molar-refractivity contribution in [3.63, 3.8) is 0 Å². The molecule has 2 aromatic carbocycles. The monoisotopic (exact) mass is 459 g/mol. The number of hydrogen-bond acceptors (Lipinski definition) is 6. The minimum atomic E-state index is 0.635. The first-order chi connectivity index (χ1) is 16.1. The van der Waals surface area contributed by atoms with Crippen LogP contribution in [0.4, 0.5) is 5.69 Å². The van der Waals surface area contributed by atoms with Gasteiger partial charge in [-0.25, -0.2) is 4.98 Å². The van der Waals surface area contributed by atoms with Gasteiger partial charge in [0.1, 0.15) is 17.7 Å². The van der Waals surface area contributed by atoms with Gasteiger partial charge >= 0.3 is 0 Å². The smallest absolute Gasteiger partial charge is 0.163 e. The van der Waals surface area contributed by atoms with Crippen LogP contribution in [0.2, 0.25) is 5.02 Å². The normalized spacial score (nSPS) is 14.5. The first-order valence-corrected chi connectivity index (χ1v) is 11.3. The Hall–Kier alpha value is -3.49. The molecule has 1 aliphatic rings. The van der Waals surface area contributed by atoms with Gasteiger partial charge in [0.15, 0.2) is 5.82 Å². The van der Waals surface area contributed by atoms with E-state index in [1.54, 1.807) is 6.33 Å². The molecule has 0 atom stereocenters. The molecule has 0 saturated carbocycles. The number of hydrogen-bond donors (Lipinski definition) is 1. The summed E-state index contributed by atoms with van der Waals surface area (Å²) in [6.07, 6.45) is 1.59. The number of aromatic amines is 1. The molecule has 0 spiro atoms. The molecular weight excluding hydrogens is 438 g/mol. The zero-order valence-corrected chi connectivity index (χ0v) is 19.1. The first kappa shape index (κ1) is 20.1. The summed E-state index contributed by atoms with van der Waals surface area (Å²) >= 11 is 6.51. The molecule has 0 radical (unpaired) electrons. The van der Waals surface area contributed by atoms with Crippen molar-refractivity contribution in [2.24, 2.45) is 0 Å². The number of aromatic nitrogens is 6. The lowest BCUT2D eigenvalue weighted by Gasteiger charge is -2.29. The van der Waals surface area contributed by atoms with E-state index in [1.807, 2.05) is 26.0 Å². The van der Waals surface area contributed by atoms with E-state index < -0.39 is 0 Å². The third-order valence-corrected chi connectivity index (χ3v) is 6.40. The molecule has 1 aliphatic heterocycles. The fourth-order valence-electron chi connectivity index (χ4n) is 4.61. The van der Waals surface area contributed by atoms with Crippen LogP contribution >= 0.6 is 11.6 Å². The number of morpholine rings is 1. The number of halogens is 1. The predicted molar refractivity (Wildman–Crippen MR) is 129 cm³/mol. The number of nitrogens with zero attached hydrogens (tertiary/aromatic N) is 6. The number of pyridine rings is 1. The lowest BCUT2D eigenvalue weighted by molar-refractivity contribution is 0.122. The van der Waals surface area contributed by atoms with E-state index >= 15 is 0 Å². The van der Waals surface area contributed by atoms with Gasteiger partial charge in [-0.15, -0.1) is 10.2 Å². The second-order valence-corrected chi connectivity index (χ2v) is 8.62. The van der Waals surface area contributed by atoms with Gasteiger partial charge in [0, 0.05) is 35.4 Å². The van der Waals surface area contributed by atoms with Crippen molar-refractivity contribution >= 4 is 39.2 Å². The maximum Gasteiger partial charge on any atom is 0.163 e. The first-order valence-electron chi connectivity index (χ1n) is 10.9. The summed E-state index contributed by atoms with van der Waals surface area (Å²) in [6, 6.07) is 12.3. The van der Waals surface area contributed by atoms with Gasteiger partial charge in [0.2, 0.25) is 0 Å². The number of aryl methyl sites for hydroxylation is 2. The van der Waals surface area contributed by atoms with Gasteiger partial charge in [-0.05, 0) is 38.1 Å². The van der Waals surface area contributed by atoms with E-state index in [0.717, 1.165) is 63.5 Å². The van der Waals surface area contributed by atoms with Crippen LogP contribution in [-0.2, 0) is 4.74 Å². The average molecular weight is 460 g/mol. The van der Waals surface area contributed by atoms with Crippen molar-refractivity contribution in [3.05, 3.63) is 59.3 Å². The van der Waals surface area contributed by atoms with Crippen LogP contribution in [0.15, 0.2) is 42.7 Å². The molecule has 0 unspecified atom stereocenters. The summed E-state index contributed by atoms with van der Waals surface area (Å²) in [5.41, 5.74) is 6.57. The Morgan fingerprint density at radius 3 is 2.67 bits per heavy atom. The van der Waals surface area contributed by atoms with Crippen LogP contribution in [0.3, 0.4) is 0 Å². The van der Waals surface area contributed by atoms with E-state index in [9.17, 15) is 0 Å². The van der Waals surface area contributed by atoms with Crippen LogP contribution in [0.5, 0.6) is 0 Å². The summed E-state index contributed by atoms with van der Waals surface area (Å²) < 4.78 is 7.76. The quantitative estimate of drug-likeness (QED) is 0.428. The highest BCUT2D eigenvalue weighted by Gasteiger charge is 2.21. The van der Waals surface area contributed by atoms with Crippen LogP contribution in [0.1, 0.15) is 11.5 Å². The Labute approximate surface area is 195 Å². The standard InChI is InChI=1S/C24H22ClN7O/c1-14-10-20(17-4-3-5-19(25)22(17)28-14)32-15(2)29-23-18(24-26-13-27-30-24)11-16(12-21(23)32)31-6-8-33-9-7-31/h3-5,10-13H,6-9H2,1-2H3,(H,26,27,30). The molecule has 6 rings (SSSR count). The molecular formula is C24H22ClN7O. The molecule has 4 heterocycles. The van der Waals surface area contributed by atoms with Gasteiger partial charge in [0.25, 0.3) is 0 Å². The number of nitrogens with one attached hydrogen (secondary N) is 1. The highest BCUT2D eigenvalue weighted by Crippen LogP contribution is 2.36. The van der Waals surface area contributed by atoms with Crippen molar-refractivity contribution in [3.8, 4) is 17.1 Å². The van der Waals surface area contributed by atoms with E-state index in [-0.39, 0.29) is 0 Å². The van der Waals surface area contributed by atoms with Crippen LogP contribution in [0.25, 0.3) is 39.0 Å². The van der Waals surface area contributed by atoms with E-state index in [2.05, 4.69) is 48.9 Å². The van der Waals surface area contributed by atoms with Gasteiger partial charge in [-0.2, -0.15) is 0 Å². The molecule has 9 heteroatoms. The molecule has 33 heavy (non-hydrogen) atoms. The van der Waals surface area contributed by atoms with E-state index in [4.69, 9.17) is 26.3 Å². The summed E-state index contributed by atoms with van der Waals surface area (Å²) in [5.74, 6) is 1.57. The number of ether oxygens (including phenoxy) is 1. The molecule has 8 nitrogen and oxygen atoms in total. The highest BCUT2D eigenvalue weighted by atomic mass is 35.5. The third-order valence-electron chi connectivity index (χ3n) is 6.10. The number of anilines is 1. The molecule has 0 amide bonds. The number of fused-ring (bicyclic) bond motifs is 2. The van der Waals surface area contributed by atoms with E-state index in [0.29, 0.717) is 24.1 Å². The molecule has 0 bridgehead atoms. The van der Waals surface area contributed by atoms with Crippen molar-refractivity contribution in [1.29, 1.82) is 0 Å². The second-order valence-electron chi connectivity index (χ2n) is 8.21. The molecule has 5 aromatic rings. The maximum absolute atomic E-state index is 6.51. The Kier molecular flexibility index (Phi) is 4.78. The minimum absolute atomic E-state index is 0.635. The fraction of sp³-hybridized carbons (Fsp3) is 0.250. The SMILES string of the molecule is Cc1cc(-n2c(C)nc3c(-c4nnc[nH]4)cc(N4CCOCC4)cc32)c2cccc(Cl)c2n1. The van der Waals surface area contributed by atoms with Crippen LogP contribution in [0, 0.1) is 13.8 Å². The van der Waals surface area contributed by atoms with Gasteiger partial charge in [-0.3, -0.25) is 9.55 Å². The summed E-state index contributed by atoms with van der Waals surface area (Å²) in [4.78, 5) is 15.1. The lowest BCUT2D eigenvalue weighted by Crippen LogP contribution is -2.36. The zero-order chi connectivity index (χ0) is 22.5. The largest absolute Gasteiger partial charge is 0.378 e. The van der Waals surface area contributed by atoms with Crippen LogP contribution < -0.4 is 4.90 Å². The minimum Gasteiger partial charge on any atom is -0.378 e. The van der Waals surface area contributed by atoms with E-state index in [1.165, 1.54) is 0 Å². The van der Waals surface area contributed by atoms with Gasteiger partial charge < -0.3 is 14.6 Å². The van der Waals surface area contributed by atoms with Gasteiger partial charge in [-0.1, -0.05) is 23.7 Å². The summed E-state index contributed by atoms with van der Waals surface area (Å²) in [6.45, 7) is 7.09. The lowest BCUT2D eigenvalue weighted by atomic mass is 10.1. The van der Waals surface area contributed by atoms with Crippen molar-refractivity contribution in [2.45, 2.75) is 13.8 Å². The number of rotatable bonds is 3. The maximum atomic E-state index is 6.51. The second kappa shape index (κ2) is 7.83. The average Bonchev–Trinajstić information content (AvgIpc) is 3.47. The Morgan fingerprint density at radius 1 is 1.03 bits per heavy atom. The topological polar surface area (TPSA) is 84.8 Å². The van der Waals surface area contributed by atoms with Crippen molar-refractivity contribution in [2.75, 3.05) is 31.2 Å². The number of para-hydroxylation sites is 1. The Morgan fingerprint density at radius 2 is 1.88 bits per heavy atom. The summed E-state index contributed by atoms with van der Waals surface area (Å²) in [5, 5.41) is 9.90. The predicted octanol–water partition coefficient (Wildman–Crippen LogP) is 4.47. The Bertz CT molecular complexity index is 1490. The third kappa shape index (κ3) is 3.34. The summed E-state index contributed by atoms with van der Waals surface area (Å²) in [7, 11) is 0. The number of benzene rings is 2. The highest BCUT2D eigenvalue weighted by molar-refractivity contribution is 6.35.